The first-order valence-corrected chi connectivity index (χ1v) is 6.99. The molecule has 0 bridgehead atoms. The molecular weight excluding hydrogens is 274 g/mol. The molecule has 2 N–H and O–H groups in total. The molecule has 0 fully saturated rings. The van der Waals surface area contributed by atoms with Crippen LogP contribution in [0.2, 0.25) is 5.02 Å². The van der Waals surface area contributed by atoms with Gasteiger partial charge >= 0.3 is 7.12 Å². The van der Waals surface area contributed by atoms with E-state index in [9.17, 15) is 10.1 Å². The molecule has 1 aromatic carbocycles. The van der Waals surface area contributed by atoms with Crippen molar-refractivity contribution >= 4 is 18.7 Å². The highest BCUT2D eigenvalue weighted by Crippen LogP contribution is 2.36. The molecule has 2 rings (SSSR count). The lowest BCUT2D eigenvalue weighted by atomic mass is 9.69. The third kappa shape index (κ3) is 3.09. The van der Waals surface area contributed by atoms with Crippen LogP contribution in [0.4, 0.5) is 0 Å². The Hall–Kier alpha value is -1.23. The second-order valence-electron chi connectivity index (χ2n) is 5.26. The van der Waals surface area contributed by atoms with Crippen molar-refractivity contribution in [2.24, 2.45) is 5.92 Å². The average Bonchev–Trinajstić information content (AvgIpc) is 2.37. The molecule has 0 radical (unpaired) electrons. The van der Waals surface area contributed by atoms with Crippen LogP contribution in [0.1, 0.15) is 31.9 Å². The van der Waals surface area contributed by atoms with E-state index in [4.69, 9.17) is 16.3 Å². The number of phenols is 1. The van der Waals surface area contributed by atoms with Crippen molar-refractivity contribution in [3.63, 3.8) is 0 Å². The minimum Gasteiger partial charge on any atom is -0.508 e. The van der Waals surface area contributed by atoms with Gasteiger partial charge in [0.15, 0.2) is 0 Å². The number of allylic oxidation sites excluding steroid dienone is 2. The van der Waals surface area contributed by atoms with Crippen LogP contribution in [0.5, 0.6) is 5.75 Å². The maximum atomic E-state index is 10.1. The average molecular weight is 293 g/mol. The predicted octanol–water partition coefficient (Wildman–Crippen LogP) is 3.67. The van der Waals surface area contributed by atoms with Gasteiger partial charge in [0, 0.05) is 5.02 Å². The summed E-state index contributed by atoms with van der Waals surface area (Å²) in [6.07, 6.45) is 2.24. The Kier molecular flexibility index (Phi) is 4.58. The number of halogens is 1. The van der Waals surface area contributed by atoms with E-state index in [-0.39, 0.29) is 17.8 Å². The highest BCUT2D eigenvalue weighted by molar-refractivity contribution is 6.54. The standard InChI is InChI=1S/C15H18BClO3/c1-9(2)10(3)13-6-7-15(20-16(13)19)12-5-4-11(18)8-14(12)17/h4-6,8-9,15,18-19H,3,7H2,1-2H3. The molecule has 1 aromatic rings. The largest absolute Gasteiger partial charge is 0.508 e. The van der Waals surface area contributed by atoms with Gasteiger partial charge in [0.05, 0.1) is 6.10 Å². The second kappa shape index (κ2) is 6.04. The third-order valence-electron chi connectivity index (χ3n) is 3.51. The molecular formula is C15H18BClO3. The molecule has 0 saturated heterocycles. The summed E-state index contributed by atoms with van der Waals surface area (Å²) in [7, 11) is -0.992. The molecule has 3 nitrogen and oxygen atoms in total. The minimum atomic E-state index is -0.992. The van der Waals surface area contributed by atoms with Crippen molar-refractivity contribution in [1.29, 1.82) is 0 Å². The maximum absolute atomic E-state index is 10.1. The molecule has 106 valence electrons. The lowest BCUT2D eigenvalue weighted by Crippen LogP contribution is -2.29. The van der Waals surface area contributed by atoms with Crippen molar-refractivity contribution in [1.82, 2.24) is 0 Å². The lowest BCUT2D eigenvalue weighted by molar-refractivity contribution is 0.168. The molecule has 0 spiro atoms. The molecule has 1 aliphatic rings. The summed E-state index contributed by atoms with van der Waals surface area (Å²) < 4.78 is 5.64. The Labute approximate surface area is 124 Å². The van der Waals surface area contributed by atoms with E-state index in [0.29, 0.717) is 11.4 Å². The Balaban J connectivity index is 2.22. The van der Waals surface area contributed by atoms with Crippen molar-refractivity contribution in [3.8, 4) is 5.75 Å². The van der Waals surface area contributed by atoms with Crippen molar-refractivity contribution in [2.45, 2.75) is 26.4 Å². The first-order valence-electron chi connectivity index (χ1n) is 6.61. The van der Waals surface area contributed by atoms with Crippen LogP contribution < -0.4 is 0 Å². The quantitative estimate of drug-likeness (QED) is 0.836. The summed E-state index contributed by atoms with van der Waals surface area (Å²) in [6, 6.07) is 4.74. The summed E-state index contributed by atoms with van der Waals surface area (Å²) in [5, 5.41) is 19.9. The topological polar surface area (TPSA) is 49.7 Å². The number of hydrogen-bond donors (Lipinski definition) is 2. The monoisotopic (exact) mass is 292 g/mol. The summed E-state index contributed by atoms with van der Waals surface area (Å²) in [6.45, 7) is 8.04. The van der Waals surface area contributed by atoms with Gasteiger partial charge in [-0.25, -0.2) is 0 Å². The van der Waals surface area contributed by atoms with E-state index in [2.05, 4.69) is 6.58 Å². The van der Waals surface area contributed by atoms with Crippen LogP contribution in [0.3, 0.4) is 0 Å². The summed E-state index contributed by atoms with van der Waals surface area (Å²) in [5.41, 5.74) is 2.38. The normalized spacial score (nSPS) is 19.1. The highest BCUT2D eigenvalue weighted by Gasteiger charge is 2.32. The van der Waals surface area contributed by atoms with Crippen molar-refractivity contribution in [3.05, 3.63) is 52.5 Å². The van der Waals surface area contributed by atoms with E-state index in [1.54, 1.807) is 12.1 Å². The van der Waals surface area contributed by atoms with E-state index in [0.717, 1.165) is 16.6 Å². The first-order chi connectivity index (χ1) is 9.40. The first kappa shape index (κ1) is 15.2. The molecule has 0 amide bonds. The van der Waals surface area contributed by atoms with Crippen LogP contribution >= 0.6 is 11.6 Å². The van der Waals surface area contributed by atoms with E-state index < -0.39 is 7.12 Å². The van der Waals surface area contributed by atoms with Gasteiger partial charge in [-0.05, 0) is 35.5 Å². The zero-order valence-corrected chi connectivity index (χ0v) is 12.4. The fraction of sp³-hybridized carbons (Fsp3) is 0.333. The molecule has 0 saturated carbocycles. The lowest BCUT2D eigenvalue weighted by Gasteiger charge is -2.28. The molecule has 1 heterocycles. The van der Waals surface area contributed by atoms with Gasteiger partial charge in [0.1, 0.15) is 5.75 Å². The SMILES string of the molecule is C=C(C1=CCC(c2ccc(O)cc2Cl)OB1O)C(C)C. The number of rotatable bonds is 3. The Morgan fingerprint density at radius 3 is 2.75 bits per heavy atom. The molecule has 1 aliphatic heterocycles. The smallest absolute Gasteiger partial charge is 0.491 e. The van der Waals surface area contributed by atoms with E-state index in [1.807, 2.05) is 19.9 Å². The fourth-order valence-corrected chi connectivity index (χ4v) is 2.52. The Morgan fingerprint density at radius 1 is 1.50 bits per heavy atom. The highest BCUT2D eigenvalue weighted by atomic mass is 35.5. The molecule has 0 aromatic heterocycles. The van der Waals surface area contributed by atoms with Crippen LogP contribution in [0.15, 0.2) is 41.9 Å². The van der Waals surface area contributed by atoms with Crippen LogP contribution in [0, 0.1) is 5.92 Å². The molecule has 5 heteroatoms. The van der Waals surface area contributed by atoms with Gasteiger partial charge in [-0.15, -0.1) is 0 Å². The van der Waals surface area contributed by atoms with Crippen molar-refractivity contribution < 1.29 is 14.8 Å². The van der Waals surface area contributed by atoms with Gasteiger partial charge in [0.25, 0.3) is 0 Å². The van der Waals surface area contributed by atoms with E-state index in [1.165, 1.54) is 6.07 Å². The Morgan fingerprint density at radius 2 is 2.20 bits per heavy atom. The molecule has 20 heavy (non-hydrogen) atoms. The fourth-order valence-electron chi connectivity index (χ4n) is 2.22. The van der Waals surface area contributed by atoms with Crippen LogP contribution in [0.25, 0.3) is 0 Å². The predicted molar refractivity (Wildman–Crippen MR) is 81.6 cm³/mol. The van der Waals surface area contributed by atoms with Crippen LogP contribution in [-0.2, 0) is 4.65 Å². The molecule has 1 unspecified atom stereocenters. The van der Waals surface area contributed by atoms with Crippen molar-refractivity contribution in [2.75, 3.05) is 0 Å². The number of benzene rings is 1. The Bertz CT molecular complexity index is 554. The zero-order chi connectivity index (χ0) is 14.9. The molecule has 1 atom stereocenters. The molecule has 0 aliphatic carbocycles. The summed E-state index contributed by atoms with van der Waals surface area (Å²) in [4.78, 5) is 0. The summed E-state index contributed by atoms with van der Waals surface area (Å²) in [5.74, 6) is 0.368. The van der Waals surface area contributed by atoms with Gasteiger partial charge in [-0.2, -0.15) is 0 Å². The van der Waals surface area contributed by atoms with Gasteiger partial charge < -0.3 is 14.8 Å². The van der Waals surface area contributed by atoms with Gasteiger partial charge in [0.2, 0.25) is 0 Å². The number of aromatic hydroxyl groups is 1. The summed E-state index contributed by atoms with van der Waals surface area (Å²) >= 11 is 6.10. The number of phenolic OH excluding ortho intramolecular Hbond substituents is 1. The van der Waals surface area contributed by atoms with Gasteiger partial charge in [-0.3, -0.25) is 0 Å². The van der Waals surface area contributed by atoms with Gasteiger partial charge in [-0.1, -0.05) is 49.7 Å². The minimum absolute atomic E-state index is 0.111. The second-order valence-corrected chi connectivity index (χ2v) is 5.67. The maximum Gasteiger partial charge on any atom is 0.491 e. The zero-order valence-electron chi connectivity index (χ0n) is 11.6. The van der Waals surface area contributed by atoms with Crippen LogP contribution in [-0.4, -0.2) is 17.2 Å². The van der Waals surface area contributed by atoms with E-state index >= 15 is 0 Å². The third-order valence-corrected chi connectivity index (χ3v) is 3.84. The number of hydrogen-bond acceptors (Lipinski definition) is 3.